The first kappa shape index (κ1) is 22.3. The Morgan fingerprint density at radius 3 is 2.26 bits per heavy atom. The molecule has 0 unspecified atom stereocenters. The van der Waals surface area contributed by atoms with Gasteiger partial charge in [-0.3, -0.25) is 19.7 Å². The van der Waals surface area contributed by atoms with E-state index in [9.17, 15) is 19.7 Å². The van der Waals surface area contributed by atoms with Crippen LogP contribution in [0.2, 0.25) is 0 Å². The fourth-order valence-corrected chi connectivity index (χ4v) is 4.60. The van der Waals surface area contributed by atoms with Gasteiger partial charge in [0.15, 0.2) is 5.43 Å². The van der Waals surface area contributed by atoms with Crippen LogP contribution in [0.5, 0.6) is 0 Å². The lowest BCUT2D eigenvalue weighted by atomic mass is 10.1. The van der Waals surface area contributed by atoms with Crippen molar-refractivity contribution in [2.45, 2.75) is 19.4 Å². The van der Waals surface area contributed by atoms with Gasteiger partial charge in [-0.05, 0) is 43.2 Å². The molecular formula is C26H23N5O4. The van der Waals surface area contributed by atoms with E-state index in [2.05, 4.69) is 15.4 Å². The maximum Gasteiger partial charge on any atom is 0.270 e. The van der Waals surface area contributed by atoms with Crippen molar-refractivity contribution < 1.29 is 9.72 Å². The molecule has 0 saturated carbocycles. The van der Waals surface area contributed by atoms with E-state index in [0.29, 0.717) is 27.4 Å². The second kappa shape index (κ2) is 9.38. The largest absolute Gasteiger partial charge is 0.371 e. The van der Waals surface area contributed by atoms with Gasteiger partial charge in [-0.1, -0.05) is 24.3 Å². The summed E-state index contributed by atoms with van der Waals surface area (Å²) in [6, 6.07) is 19.0. The predicted molar refractivity (Wildman–Crippen MR) is 136 cm³/mol. The molecule has 1 fully saturated rings. The Balaban J connectivity index is 1.43. The molecule has 35 heavy (non-hydrogen) atoms. The first-order chi connectivity index (χ1) is 17.0. The average Bonchev–Trinajstić information content (AvgIpc) is 3.41. The van der Waals surface area contributed by atoms with Crippen LogP contribution >= 0.6 is 0 Å². The summed E-state index contributed by atoms with van der Waals surface area (Å²) in [7, 11) is 0. The molecule has 9 nitrogen and oxygen atoms in total. The Kier molecular flexibility index (Phi) is 5.97. The minimum atomic E-state index is -0.448. The van der Waals surface area contributed by atoms with Crippen molar-refractivity contribution in [1.29, 1.82) is 0 Å². The summed E-state index contributed by atoms with van der Waals surface area (Å²) in [6.45, 7) is 1.70. The third kappa shape index (κ3) is 4.35. The van der Waals surface area contributed by atoms with Crippen LogP contribution in [-0.4, -0.2) is 34.7 Å². The van der Waals surface area contributed by atoms with Gasteiger partial charge in [-0.2, -0.15) is 5.10 Å². The van der Waals surface area contributed by atoms with Gasteiger partial charge in [0.05, 0.1) is 22.2 Å². The van der Waals surface area contributed by atoms with Crippen LogP contribution in [0.15, 0.2) is 76.6 Å². The number of hydrogen-bond donors (Lipinski definition) is 1. The fourth-order valence-electron chi connectivity index (χ4n) is 4.60. The molecule has 176 valence electrons. The van der Waals surface area contributed by atoms with Gasteiger partial charge < -0.3 is 9.47 Å². The standard InChI is InChI=1S/C26H23N5O4/c32-25(17-30-23-9-3-1-7-20(23)26(33)21-8-2-4-10-24(21)30)28-27-16-18-15-19(31(34)35)11-12-22(18)29-13-5-6-14-29/h1-4,7-12,15-16H,5-6,13-14,17H2,(H,28,32)/b27-16-. The van der Waals surface area contributed by atoms with E-state index >= 15 is 0 Å². The van der Waals surface area contributed by atoms with E-state index in [-0.39, 0.29) is 23.6 Å². The molecule has 0 aliphatic carbocycles. The van der Waals surface area contributed by atoms with Crippen LogP contribution in [0.1, 0.15) is 18.4 Å². The SMILES string of the molecule is O=C(Cn1c2ccccc2c(=O)c2ccccc21)N/N=C\c1cc([N+](=O)[O-])ccc1N1CCCC1. The van der Waals surface area contributed by atoms with E-state index in [1.165, 1.54) is 18.3 Å². The summed E-state index contributed by atoms with van der Waals surface area (Å²) in [4.78, 5) is 38.7. The van der Waals surface area contributed by atoms with Crippen LogP contribution in [0.4, 0.5) is 11.4 Å². The minimum absolute atomic E-state index is 0.0353. The molecule has 3 aromatic carbocycles. The number of pyridine rings is 1. The summed E-state index contributed by atoms with van der Waals surface area (Å²) in [5, 5.41) is 16.4. The summed E-state index contributed by atoms with van der Waals surface area (Å²) in [5.41, 5.74) is 5.16. The Morgan fingerprint density at radius 2 is 1.63 bits per heavy atom. The highest BCUT2D eigenvalue weighted by molar-refractivity contribution is 5.95. The van der Waals surface area contributed by atoms with E-state index in [1.807, 2.05) is 24.3 Å². The highest BCUT2D eigenvalue weighted by Gasteiger charge is 2.18. The normalized spacial score (nSPS) is 13.7. The van der Waals surface area contributed by atoms with Crippen molar-refractivity contribution in [3.05, 3.63) is 92.6 Å². The van der Waals surface area contributed by atoms with Gasteiger partial charge in [0.1, 0.15) is 6.54 Å². The van der Waals surface area contributed by atoms with Gasteiger partial charge in [0, 0.05) is 47.2 Å². The van der Waals surface area contributed by atoms with Crippen molar-refractivity contribution in [3.8, 4) is 0 Å². The zero-order valence-electron chi connectivity index (χ0n) is 18.9. The zero-order valence-corrected chi connectivity index (χ0v) is 18.9. The molecule has 1 aliphatic rings. The number of fused-ring (bicyclic) bond motifs is 2. The molecule has 1 N–H and O–H groups in total. The minimum Gasteiger partial charge on any atom is -0.371 e. The topological polar surface area (TPSA) is 110 Å². The average molecular weight is 470 g/mol. The van der Waals surface area contributed by atoms with E-state index in [0.717, 1.165) is 31.6 Å². The van der Waals surface area contributed by atoms with Crippen molar-refractivity contribution in [2.24, 2.45) is 5.10 Å². The van der Waals surface area contributed by atoms with E-state index in [4.69, 9.17) is 0 Å². The Hall–Kier alpha value is -4.53. The second-order valence-corrected chi connectivity index (χ2v) is 8.44. The highest BCUT2D eigenvalue weighted by atomic mass is 16.6. The maximum absolute atomic E-state index is 12.9. The molecule has 9 heteroatoms. The molecule has 1 amide bonds. The van der Waals surface area contributed by atoms with Gasteiger partial charge in [-0.15, -0.1) is 0 Å². The van der Waals surface area contributed by atoms with Crippen molar-refractivity contribution in [1.82, 2.24) is 9.99 Å². The molecule has 1 aromatic heterocycles. The lowest BCUT2D eigenvalue weighted by Gasteiger charge is -2.19. The second-order valence-electron chi connectivity index (χ2n) is 8.44. The number of hydrazone groups is 1. The molecule has 4 aromatic rings. The molecule has 2 heterocycles. The molecule has 0 bridgehead atoms. The number of nitro benzene ring substituents is 1. The Bertz CT molecular complexity index is 1480. The third-order valence-corrected chi connectivity index (χ3v) is 6.24. The number of hydrogen-bond acceptors (Lipinski definition) is 6. The monoisotopic (exact) mass is 469 g/mol. The third-order valence-electron chi connectivity index (χ3n) is 6.24. The van der Waals surface area contributed by atoms with Crippen LogP contribution in [-0.2, 0) is 11.3 Å². The summed E-state index contributed by atoms with van der Waals surface area (Å²) >= 11 is 0. The highest BCUT2D eigenvalue weighted by Crippen LogP contribution is 2.27. The lowest BCUT2D eigenvalue weighted by Crippen LogP contribution is -2.25. The number of benzene rings is 3. The molecule has 1 saturated heterocycles. The number of non-ortho nitro benzene ring substituents is 1. The Morgan fingerprint density at radius 1 is 1.00 bits per heavy atom. The summed E-state index contributed by atoms with van der Waals surface area (Å²) in [6.07, 6.45) is 3.57. The van der Waals surface area contributed by atoms with Crippen LogP contribution < -0.4 is 15.8 Å². The first-order valence-electron chi connectivity index (χ1n) is 11.4. The quantitative estimate of drug-likeness (QED) is 0.200. The number of amides is 1. The van der Waals surface area contributed by atoms with Gasteiger partial charge in [0.25, 0.3) is 11.6 Å². The number of nitrogens with one attached hydrogen (secondary N) is 1. The zero-order chi connectivity index (χ0) is 24.4. The first-order valence-corrected chi connectivity index (χ1v) is 11.4. The summed E-state index contributed by atoms with van der Waals surface area (Å²) < 4.78 is 1.79. The van der Waals surface area contributed by atoms with Crippen molar-refractivity contribution >= 4 is 45.3 Å². The van der Waals surface area contributed by atoms with Crippen LogP contribution in [0.3, 0.4) is 0 Å². The molecular weight excluding hydrogens is 446 g/mol. The molecule has 0 atom stereocenters. The smallest absolute Gasteiger partial charge is 0.270 e. The molecule has 0 radical (unpaired) electrons. The number of nitro groups is 1. The van der Waals surface area contributed by atoms with Crippen LogP contribution in [0.25, 0.3) is 21.8 Å². The lowest BCUT2D eigenvalue weighted by molar-refractivity contribution is -0.384. The number of nitrogens with zero attached hydrogens (tertiary/aromatic N) is 4. The van der Waals surface area contributed by atoms with E-state index in [1.54, 1.807) is 34.9 Å². The van der Waals surface area contributed by atoms with E-state index < -0.39 is 4.92 Å². The number of anilines is 1. The van der Waals surface area contributed by atoms with Gasteiger partial charge >= 0.3 is 0 Å². The number of carbonyl (C=O) groups excluding carboxylic acids is 1. The van der Waals surface area contributed by atoms with Crippen molar-refractivity contribution in [2.75, 3.05) is 18.0 Å². The predicted octanol–water partition coefficient (Wildman–Crippen LogP) is 3.81. The van der Waals surface area contributed by atoms with Gasteiger partial charge in [-0.25, -0.2) is 5.43 Å². The number of aromatic nitrogens is 1. The van der Waals surface area contributed by atoms with Crippen LogP contribution in [0, 0.1) is 10.1 Å². The number of para-hydroxylation sites is 2. The number of carbonyl (C=O) groups is 1. The molecule has 5 rings (SSSR count). The van der Waals surface area contributed by atoms with Crippen molar-refractivity contribution in [3.63, 3.8) is 0 Å². The fraction of sp³-hybridized carbons (Fsp3) is 0.192. The van der Waals surface area contributed by atoms with Gasteiger partial charge in [0.2, 0.25) is 0 Å². The molecule has 0 spiro atoms. The summed E-state index contributed by atoms with van der Waals surface area (Å²) in [5.74, 6) is -0.381. The maximum atomic E-state index is 12.9. The number of rotatable bonds is 6. The molecule has 1 aliphatic heterocycles. The Labute approximate surface area is 200 Å².